The van der Waals surface area contributed by atoms with Gasteiger partial charge < -0.3 is 10.2 Å². The molecular formula is C9H16O3. The molecule has 0 saturated heterocycles. The summed E-state index contributed by atoms with van der Waals surface area (Å²) in [6.07, 6.45) is 6.76. The van der Waals surface area contributed by atoms with Crippen LogP contribution >= 0.6 is 0 Å². The quantitative estimate of drug-likeness (QED) is 0.590. The van der Waals surface area contributed by atoms with E-state index in [4.69, 9.17) is 10.2 Å². The fourth-order valence-corrected chi connectivity index (χ4v) is 1.08. The summed E-state index contributed by atoms with van der Waals surface area (Å²) in [4.78, 5) is 9.25. The summed E-state index contributed by atoms with van der Waals surface area (Å²) in [5.74, 6) is -0.981. The maximum atomic E-state index is 9.25. The molecule has 0 aromatic rings. The van der Waals surface area contributed by atoms with Crippen molar-refractivity contribution in [1.29, 1.82) is 0 Å². The highest BCUT2D eigenvalue weighted by atomic mass is 16.4. The van der Waals surface area contributed by atoms with Crippen LogP contribution in [0, 0.1) is 0 Å². The van der Waals surface area contributed by atoms with Gasteiger partial charge in [-0.3, -0.25) is 0 Å². The highest BCUT2D eigenvalue weighted by Crippen LogP contribution is 2.16. The fraction of sp³-hybridized carbons (Fsp3) is 0.667. The summed E-state index contributed by atoms with van der Waals surface area (Å²) in [7, 11) is 0. The molecule has 0 spiro atoms. The lowest BCUT2D eigenvalue weighted by Gasteiger charge is -2.14. The van der Waals surface area contributed by atoms with Crippen LogP contribution in [0.4, 0.5) is 0 Å². The van der Waals surface area contributed by atoms with E-state index in [1.807, 2.05) is 0 Å². The van der Waals surface area contributed by atoms with Crippen LogP contribution in [0.1, 0.15) is 32.1 Å². The number of aliphatic hydroxyl groups excluding tert-OH is 1. The van der Waals surface area contributed by atoms with Gasteiger partial charge in [-0.1, -0.05) is 25.8 Å². The molecule has 0 aromatic heterocycles. The number of aliphatic carboxylic acids is 1. The average molecular weight is 172 g/mol. The molecule has 12 heavy (non-hydrogen) atoms. The van der Waals surface area contributed by atoms with Gasteiger partial charge in [0.1, 0.15) is 0 Å². The number of carbonyl (C=O) groups is 1. The molecule has 1 rings (SSSR count). The minimum absolute atomic E-state index is 0.0359. The molecule has 1 fully saturated rings. The van der Waals surface area contributed by atoms with Crippen molar-refractivity contribution in [1.82, 2.24) is 0 Å². The molecule has 0 bridgehead atoms. The summed E-state index contributed by atoms with van der Waals surface area (Å²) in [6, 6.07) is 0. The Bertz CT molecular complexity index is 137. The summed E-state index contributed by atoms with van der Waals surface area (Å²) in [6.45, 7) is 2.96. The van der Waals surface area contributed by atoms with Crippen LogP contribution in [-0.4, -0.2) is 22.3 Å². The van der Waals surface area contributed by atoms with Gasteiger partial charge in [0.25, 0.3) is 0 Å². The molecule has 3 nitrogen and oxygen atoms in total. The predicted octanol–water partition coefficient (Wildman–Crippen LogP) is 1.57. The maximum Gasteiger partial charge on any atom is 0.327 e. The molecule has 0 aliphatic heterocycles. The van der Waals surface area contributed by atoms with Crippen LogP contribution in [0.25, 0.3) is 0 Å². The first-order chi connectivity index (χ1) is 5.66. The van der Waals surface area contributed by atoms with Crippen LogP contribution in [0.3, 0.4) is 0 Å². The van der Waals surface area contributed by atoms with Crippen molar-refractivity contribution in [2.45, 2.75) is 38.2 Å². The first kappa shape index (κ1) is 11.2. The first-order valence-electron chi connectivity index (χ1n) is 4.20. The molecule has 3 heteroatoms. The summed E-state index contributed by atoms with van der Waals surface area (Å²) in [5.41, 5.74) is 0. The second-order valence-corrected chi connectivity index (χ2v) is 2.83. The minimum atomic E-state index is -0.981. The number of carboxylic acids is 1. The van der Waals surface area contributed by atoms with E-state index in [0.717, 1.165) is 18.9 Å². The molecular weight excluding hydrogens is 156 g/mol. The Labute approximate surface area is 72.7 Å². The third-order valence-electron chi connectivity index (χ3n) is 1.75. The van der Waals surface area contributed by atoms with E-state index in [1.54, 1.807) is 0 Å². The van der Waals surface area contributed by atoms with E-state index < -0.39 is 5.97 Å². The van der Waals surface area contributed by atoms with Gasteiger partial charge in [0.15, 0.2) is 0 Å². The Hall–Kier alpha value is -0.830. The molecule has 70 valence electrons. The van der Waals surface area contributed by atoms with E-state index >= 15 is 0 Å². The lowest BCUT2D eigenvalue weighted by atomic mass is 9.98. The summed E-state index contributed by atoms with van der Waals surface area (Å²) >= 11 is 0. The number of carboxylic acid groups (broad SMARTS) is 1. The topological polar surface area (TPSA) is 57.5 Å². The Morgan fingerprint density at radius 3 is 1.92 bits per heavy atom. The van der Waals surface area contributed by atoms with Crippen LogP contribution in [0.15, 0.2) is 12.7 Å². The van der Waals surface area contributed by atoms with Crippen LogP contribution in [-0.2, 0) is 4.79 Å². The van der Waals surface area contributed by atoms with Crippen molar-refractivity contribution in [3.8, 4) is 0 Å². The van der Waals surface area contributed by atoms with Gasteiger partial charge >= 0.3 is 5.97 Å². The van der Waals surface area contributed by atoms with Crippen molar-refractivity contribution < 1.29 is 15.0 Å². The third kappa shape index (κ3) is 7.28. The highest BCUT2D eigenvalue weighted by Gasteiger charge is 2.07. The zero-order valence-corrected chi connectivity index (χ0v) is 7.20. The highest BCUT2D eigenvalue weighted by molar-refractivity contribution is 5.78. The van der Waals surface area contributed by atoms with Crippen molar-refractivity contribution in [2.75, 3.05) is 0 Å². The second-order valence-electron chi connectivity index (χ2n) is 2.83. The average Bonchev–Trinajstić information content (AvgIpc) is 2.07. The Balaban J connectivity index is 0.000000217. The lowest BCUT2D eigenvalue weighted by Crippen LogP contribution is -2.09. The molecule has 0 unspecified atom stereocenters. The number of hydrogen-bond donors (Lipinski definition) is 2. The summed E-state index contributed by atoms with van der Waals surface area (Å²) in [5, 5.41) is 16.5. The molecule has 0 aromatic carbocycles. The standard InChI is InChI=1S/C6H12O.C3H4O2/c7-6-4-2-1-3-5-6;1-2-3(4)5/h6-7H,1-5H2;2H,1H2,(H,4,5). The zero-order valence-electron chi connectivity index (χ0n) is 7.20. The van der Waals surface area contributed by atoms with E-state index in [2.05, 4.69) is 6.58 Å². The van der Waals surface area contributed by atoms with E-state index in [0.29, 0.717) is 0 Å². The summed E-state index contributed by atoms with van der Waals surface area (Å²) < 4.78 is 0. The van der Waals surface area contributed by atoms with Crippen molar-refractivity contribution in [2.24, 2.45) is 0 Å². The van der Waals surface area contributed by atoms with Gasteiger partial charge in [-0.05, 0) is 12.8 Å². The molecule has 0 amide bonds. The van der Waals surface area contributed by atoms with Crippen LogP contribution in [0.5, 0.6) is 0 Å². The van der Waals surface area contributed by atoms with Gasteiger partial charge in [0, 0.05) is 6.08 Å². The largest absolute Gasteiger partial charge is 0.478 e. The van der Waals surface area contributed by atoms with Gasteiger partial charge in [-0.25, -0.2) is 4.79 Å². The fourth-order valence-electron chi connectivity index (χ4n) is 1.08. The molecule has 0 radical (unpaired) electrons. The van der Waals surface area contributed by atoms with Crippen LogP contribution < -0.4 is 0 Å². The van der Waals surface area contributed by atoms with Crippen LogP contribution in [0.2, 0.25) is 0 Å². The molecule has 0 heterocycles. The Morgan fingerprint density at radius 2 is 1.75 bits per heavy atom. The SMILES string of the molecule is C=CC(=O)O.OC1CCCCC1. The Morgan fingerprint density at radius 1 is 1.33 bits per heavy atom. The molecule has 0 atom stereocenters. The van der Waals surface area contributed by atoms with Gasteiger partial charge in [0.2, 0.25) is 0 Å². The smallest absolute Gasteiger partial charge is 0.327 e. The van der Waals surface area contributed by atoms with Gasteiger partial charge in [-0.2, -0.15) is 0 Å². The normalized spacial score (nSPS) is 17.4. The van der Waals surface area contributed by atoms with Gasteiger partial charge in [0.05, 0.1) is 6.10 Å². The van der Waals surface area contributed by atoms with Gasteiger partial charge in [-0.15, -0.1) is 0 Å². The third-order valence-corrected chi connectivity index (χ3v) is 1.75. The molecule has 2 N–H and O–H groups in total. The molecule has 1 saturated carbocycles. The van der Waals surface area contributed by atoms with E-state index in [-0.39, 0.29) is 6.10 Å². The number of aliphatic hydroxyl groups is 1. The monoisotopic (exact) mass is 172 g/mol. The first-order valence-corrected chi connectivity index (χ1v) is 4.20. The zero-order chi connectivity index (χ0) is 9.40. The predicted molar refractivity (Wildman–Crippen MR) is 46.9 cm³/mol. The number of hydrogen-bond acceptors (Lipinski definition) is 2. The number of rotatable bonds is 1. The molecule has 1 aliphatic rings. The van der Waals surface area contributed by atoms with Crippen molar-refractivity contribution in [3.05, 3.63) is 12.7 Å². The van der Waals surface area contributed by atoms with E-state index in [1.165, 1.54) is 19.3 Å². The van der Waals surface area contributed by atoms with E-state index in [9.17, 15) is 4.79 Å². The Kier molecular flexibility index (Phi) is 6.38. The van der Waals surface area contributed by atoms with Crippen molar-refractivity contribution in [3.63, 3.8) is 0 Å². The molecule has 1 aliphatic carbocycles. The lowest BCUT2D eigenvalue weighted by molar-refractivity contribution is -0.131. The minimum Gasteiger partial charge on any atom is -0.478 e. The second kappa shape index (κ2) is 6.85. The maximum absolute atomic E-state index is 9.25. The van der Waals surface area contributed by atoms with Crippen molar-refractivity contribution >= 4 is 5.97 Å².